The standard InChI is InChI=1S/4C23H32O2.8C2H6/c4*1-5-18(3)16-24-22-11-7-20(8-12-22)15-21-9-13-23(14-10-21)25-17-19(4)6-2;8*1-2/h4*7-14,18-19H,5-6,15-17H2,1-4H3;8*1-2H3/t2*18-,19+;2*18-,19-;;;;;;;;/m..10......../s1. The molecule has 0 fully saturated rings. The van der Waals surface area contributed by atoms with Gasteiger partial charge in [-0.05, 0) is 215 Å². The fourth-order valence-electron chi connectivity index (χ4n) is 9.42. The summed E-state index contributed by atoms with van der Waals surface area (Å²) in [6.07, 6.45) is 12.9. The van der Waals surface area contributed by atoms with Crippen LogP contribution in [0.3, 0.4) is 0 Å². The molecule has 8 heteroatoms. The van der Waals surface area contributed by atoms with Crippen LogP contribution in [0.15, 0.2) is 194 Å². The molecule has 8 nitrogen and oxygen atoms in total. The summed E-state index contributed by atoms with van der Waals surface area (Å²) in [5.74, 6) is 12.4. The van der Waals surface area contributed by atoms with Crippen LogP contribution in [0.5, 0.6) is 46.0 Å². The number of rotatable bonds is 40. The lowest BCUT2D eigenvalue weighted by molar-refractivity contribution is 0.256. The zero-order chi connectivity index (χ0) is 88.3. The highest BCUT2D eigenvalue weighted by atomic mass is 16.5. The molecule has 0 aliphatic carbocycles. The van der Waals surface area contributed by atoms with Crippen molar-refractivity contribution in [1.29, 1.82) is 0 Å². The number of hydrogen-bond donors (Lipinski definition) is 0. The molecule has 0 aromatic heterocycles. The number of ether oxygens (including phenoxy) is 8. The zero-order valence-corrected chi connectivity index (χ0v) is 80.5. The lowest BCUT2D eigenvalue weighted by Gasteiger charge is -2.12. The first-order valence-electron chi connectivity index (χ1n) is 46.1. The van der Waals surface area contributed by atoms with Gasteiger partial charge in [0.05, 0.1) is 52.9 Å². The van der Waals surface area contributed by atoms with Crippen LogP contribution in [-0.2, 0) is 25.7 Å². The Kier molecular flexibility index (Phi) is 77.3. The molecular formula is C108H176O8. The summed E-state index contributed by atoms with van der Waals surface area (Å²) < 4.78 is 46.5. The summed E-state index contributed by atoms with van der Waals surface area (Å²) in [5, 5.41) is 0. The molecule has 8 atom stereocenters. The van der Waals surface area contributed by atoms with E-state index in [2.05, 4.69) is 305 Å². The third-order valence-electron chi connectivity index (χ3n) is 18.9. The Morgan fingerprint density at radius 3 is 0.293 bits per heavy atom. The Morgan fingerprint density at radius 1 is 0.147 bits per heavy atom. The van der Waals surface area contributed by atoms with Crippen molar-refractivity contribution in [2.75, 3.05) is 52.9 Å². The molecule has 8 rings (SSSR count). The van der Waals surface area contributed by atoms with E-state index in [0.29, 0.717) is 47.3 Å². The lowest BCUT2D eigenvalue weighted by atomic mass is 10.0. The van der Waals surface area contributed by atoms with E-state index in [0.717, 1.165) is 176 Å². The zero-order valence-electron chi connectivity index (χ0n) is 80.5. The third-order valence-corrected chi connectivity index (χ3v) is 18.9. The van der Waals surface area contributed by atoms with Gasteiger partial charge in [-0.15, -0.1) is 0 Å². The highest BCUT2D eigenvalue weighted by Crippen LogP contribution is 2.25. The maximum absolute atomic E-state index is 5.82. The molecule has 8 aromatic rings. The van der Waals surface area contributed by atoms with Gasteiger partial charge >= 0.3 is 0 Å². The van der Waals surface area contributed by atoms with Crippen LogP contribution in [0, 0.1) is 47.3 Å². The van der Waals surface area contributed by atoms with Gasteiger partial charge in [-0.3, -0.25) is 0 Å². The lowest BCUT2D eigenvalue weighted by Crippen LogP contribution is -2.07. The van der Waals surface area contributed by atoms with E-state index >= 15 is 0 Å². The van der Waals surface area contributed by atoms with Crippen molar-refractivity contribution >= 4 is 0 Å². The topological polar surface area (TPSA) is 73.8 Å². The molecule has 0 spiro atoms. The van der Waals surface area contributed by atoms with Crippen molar-refractivity contribution in [2.24, 2.45) is 47.3 Å². The van der Waals surface area contributed by atoms with Crippen LogP contribution in [0.1, 0.15) is 317 Å². The van der Waals surface area contributed by atoms with Gasteiger partial charge in [-0.1, -0.05) is 370 Å². The van der Waals surface area contributed by atoms with Crippen molar-refractivity contribution in [3.05, 3.63) is 239 Å². The molecule has 8 aromatic carbocycles. The van der Waals surface area contributed by atoms with Crippen molar-refractivity contribution in [3.8, 4) is 46.0 Å². The highest BCUT2D eigenvalue weighted by Gasteiger charge is 2.10. The minimum atomic E-state index is 0.598. The highest BCUT2D eigenvalue weighted by molar-refractivity contribution is 5.38. The molecule has 656 valence electrons. The van der Waals surface area contributed by atoms with Crippen LogP contribution < -0.4 is 37.9 Å². The first-order valence-corrected chi connectivity index (χ1v) is 46.1. The second-order valence-electron chi connectivity index (χ2n) is 28.5. The van der Waals surface area contributed by atoms with Crippen molar-refractivity contribution in [1.82, 2.24) is 0 Å². The molecule has 0 bridgehead atoms. The van der Waals surface area contributed by atoms with E-state index < -0.39 is 0 Å². The smallest absolute Gasteiger partial charge is 0.119 e. The molecule has 0 unspecified atom stereocenters. The predicted molar refractivity (Wildman–Crippen MR) is 513 cm³/mol. The fourth-order valence-corrected chi connectivity index (χ4v) is 9.42. The van der Waals surface area contributed by atoms with Gasteiger partial charge in [0.1, 0.15) is 46.0 Å². The third kappa shape index (κ3) is 56.5. The predicted octanol–water partition coefficient (Wildman–Crippen LogP) is 32.7. The average Bonchev–Trinajstić information content (AvgIpc) is 0.889. The Bertz CT molecular complexity index is 2640. The summed E-state index contributed by atoms with van der Waals surface area (Å²) in [6.45, 7) is 73.5. The van der Waals surface area contributed by atoms with Gasteiger partial charge < -0.3 is 37.9 Å². The van der Waals surface area contributed by atoms with Crippen LogP contribution in [0.25, 0.3) is 0 Å². The molecule has 0 saturated heterocycles. The second-order valence-corrected chi connectivity index (χ2v) is 28.5. The Labute approximate surface area is 717 Å². The molecule has 0 amide bonds. The van der Waals surface area contributed by atoms with Gasteiger partial charge in [0.15, 0.2) is 0 Å². The maximum Gasteiger partial charge on any atom is 0.119 e. The quantitative estimate of drug-likeness (QED) is 0.0376. The van der Waals surface area contributed by atoms with E-state index in [1.165, 1.54) is 44.5 Å². The molecule has 0 aliphatic heterocycles. The minimum absolute atomic E-state index is 0.598. The van der Waals surface area contributed by atoms with Gasteiger partial charge in [-0.2, -0.15) is 0 Å². The fraction of sp³-hybridized carbons (Fsp3) is 0.556. The molecule has 0 heterocycles. The average molecular weight is 1600 g/mol. The van der Waals surface area contributed by atoms with Crippen LogP contribution in [0.2, 0.25) is 0 Å². The van der Waals surface area contributed by atoms with E-state index in [9.17, 15) is 0 Å². The monoisotopic (exact) mass is 1600 g/mol. The van der Waals surface area contributed by atoms with Crippen molar-refractivity contribution < 1.29 is 37.9 Å². The second kappa shape index (κ2) is 78.3. The number of hydrogen-bond acceptors (Lipinski definition) is 8. The SMILES string of the molecule is CC.CC.CC.CC.CC.CC.CC.CC.CC[C@@H](C)COc1ccc(Cc2ccc(OC[C@@H](C)CC)cc2)cc1.CC[C@@H](C)COc1ccc(Cc2ccc(OC[C@@H](C)CC)cc2)cc1.CC[C@@H](C)COc1ccc(Cc2ccc(OC[C@H](C)CC)cc2)cc1.CC[C@H](C)COc1ccc(Cc2ccc(OC[C@@H](C)CC)cc2)cc1. The molecule has 0 radical (unpaired) electrons. The van der Waals surface area contributed by atoms with Crippen LogP contribution in [0.4, 0.5) is 0 Å². The van der Waals surface area contributed by atoms with Gasteiger partial charge in [0.2, 0.25) is 0 Å². The Hall–Kier alpha value is -7.84. The van der Waals surface area contributed by atoms with Gasteiger partial charge in [0, 0.05) is 0 Å². The minimum Gasteiger partial charge on any atom is -0.493 e. The van der Waals surface area contributed by atoms with E-state index in [1.807, 2.05) is 111 Å². The van der Waals surface area contributed by atoms with Crippen molar-refractivity contribution in [3.63, 3.8) is 0 Å². The van der Waals surface area contributed by atoms with Crippen LogP contribution >= 0.6 is 0 Å². The summed E-state index contributed by atoms with van der Waals surface area (Å²) in [4.78, 5) is 0. The van der Waals surface area contributed by atoms with E-state index in [1.54, 1.807) is 0 Å². The van der Waals surface area contributed by atoms with Gasteiger partial charge in [-0.25, -0.2) is 0 Å². The largest absolute Gasteiger partial charge is 0.493 e. The van der Waals surface area contributed by atoms with Crippen LogP contribution in [-0.4, -0.2) is 52.9 Å². The first kappa shape index (κ1) is 114. The molecule has 116 heavy (non-hydrogen) atoms. The first-order chi connectivity index (χ1) is 56.4. The summed E-state index contributed by atoms with van der Waals surface area (Å²) in [7, 11) is 0. The molecule has 0 saturated carbocycles. The summed E-state index contributed by atoms with van der Waals surface area (Å²) >= 11 is 0. The van der Waals surface area contributed by atoms with E-state index in [-0.39, 0.29) is 0 Å². The Balaban J connectivity index is -0.000000679. The van der Waals surface area contributed by atoms with Crippen molar-refractivity contribution in [2.45, 2.75) is 299 Å². The number of benzene rings is 8. The summed E-state index contributed by atoms with van der Waals surface area (Å²) in [6, 6.07) is 67.6. The normalized spacial score (nSPS) is 11.9. The molecular weight excluding hydrogens is 1430 g/mol. The molecule has 0 N–H and O–H groups in total. The van der Waals surface area contributed by atoms with Gasteiger partial charge in [0.25, 0.3) is 0 Å². The van der Waals surface area contributed by atoms with E-state index in [4.69, 9.17) is 37.9 Å². The Morgan fingerprint density at radius 2 is 0.224 bits per heavy atom. The maximum atomic E-state index is 5.82. The summed E-state index contributed by atoms with van der Waals surface area (Å²) in [5.41, 5.74) is 10.4. The molecule has 0 aliphatic rings.